The zero-order valence-electron chi connectivity index (χ0n) is 15.1. The van der Waals surface area contributed by atoms with E-state index >= 15 is 0 Å². The number of nitriles is 1. The Labute approximate surface area is 163 Å². The largest absolute Gasteiger partial charge is 0.390 e. The molecule has 1 amide bonds. The standard InChI is InChI=1S/C18H16F3N7O/c19-18(20,21)3-5-24-17(29)28-8-11(7-22)12-2-6-27(9-14(12)28)16-13-1-4-23-15(13)25-10-26-16/h1,4,8,10H,2-3,5-6,9H2,(H,24,29)(H,23,25,26). The summed E-state index contributed by atoms with van der Waals surface area (Å²) in [6.45, 7) is 0.344. The van der Waals surface area contributed by atoms with Crippen LogP contribution < -0.4 is 10.2 Å². The number of carbonyl (C=O) groups excluding carboxylic acids is 1. The van der Waals surface area contributed by atoms with Crippen molar-refractivity contribution in [1.29, 1.82) is 5.26 Å². The van der Waals surface area contributed by atoms with Crippen LogP contribution in [0.4, 0.5) is 23.8 Å². The number of hydrogen-bond donors (Lipinski definition) is 2. The first kappa shape index (κ1) is 18.8. The molecule has 2 N–H and O–H groups in total. The second kappa shape index (κ2) is 7.12. The maximum absolute atomic E-state index is 12.5. The number of hydrogen-bond acceptors (Lipinski definition) is 5. The monoisotopic (exact) mass is 403 g/mol. The lowest BCUT2D eigenvalue weighted by atomic mass is 10.0. The van der Waals surface area contributed by atoms with Gasteiger partial charge in [0.25, 0.3) is 0 Å². The van der Waals surface area contributed by atoms with Gasteiger partial charge in [-0.1, -0.05) is 0 Å². The highest BCUT2D eigenvalue weighted by Gasteiger charge is 2.29. The fourth-order valence-electron chi connectivity index (χ4n) is 3.51. The highest BCUT2D eigenvalue weighted by Crippen LogP contribution is 2.30. The first-order valence-electron chi connectivity index (χ1n) is 8.88. The van der Waals surface area contributed by atoms with Crippen molar-refractivity contribution < 1.29 is 18.0 Å². The minimum absolute atomic E-state index is 0.293. The molecular weight excluding hydrogens is 387 g/mol. The van der Waals surface area contributed by atoms with Gasteiger partial charge in [0.1, 0.15) is 23.9 Å². The molecule has 0 spiro atoms. The number of nitrogens with one attached hydrogen (secondary N) is 2. The maximum Gasteiger partial charge on any atom is 0.390 e. The summed E-state index contributed by atoms with van der Waals surface area (Å²) in [4.78, 5) is 26.0. The van der Waals surface area contributed by atoms with Gasteiger partial charge >= 0.3 is 12.2 Å². The predicted octanol–water partition coefficient (Wildman–Crippen LogP) is 2.70. The van der Waals surface area contributed by atoms with Crippen molar-refractivity contribution in [3.05, 3.63) is 41.6 Å². The van der Waals surface area contributed by atoms with Crippen molar-refractivity contribution in [2.75, 3.05) is 18.0 Å². The minimum atomic E-state index is -4.35. The van der Waals surface area contributed by atoms with Gasteiger partial charge < -0.3 is 15.2 Å². The van der Waals surface area contributed by atoms with Crippen molar-refractivity contribution in [2.24, 2.45) is 0 Å². The molecule has 8 nitrogen and oxygen atoms in total. The van der Waals surface area contributed by atoms with Gasteiger partial charge in [0.2, 0.25) is 0 Å². The molecule has 11 heteroatoms. The molecule has 0 unspecified atom stereocenters. The van der Waals surface area contributed by atoms with Gasteiger partial charge in [-0.3, -0.25) is 4.57 Å². The first-order valence-corrected chi connectivity index (χ1v) is 8.88. The van der Waals surface area contributed by atoms with Crippen LogP contribution in [-0.2, 0) is 13.0 Å². The van der Waals surface area contributed by atoms with Crippen LogP contribution in [0, 0.1) is 11.3 Å². The van der Waals surface area contributed by atoms with Crippen molar-refractivity contribution in [2.45, 2.75) is 25.6 Å². The molecule has 150 valence electrons. The average Bonchev–Trinajstić information content (AvgIpc) is 3.30. The molecular formula is C18H16F3N7O. The highest BCUT2D eigenvalue weighted by molar-refractivity contribution is 5.87. The molecule has 0 saturated heterocycles. The van der Waals surface area contributed by atoms with Crippen molar-refractivity contribution >= 4 is 22.9 Å². The summed E-state index contributed by atoms with van der Waals surface area (Å²) in [6.07, 6.45) is -0.394. The van der Waals surface area contributed by atoms with E-state index in [1.54, 1.807) is 6.20 Å². The Kier molecular flexibility index (Phi) is 4.62. The van der Waals surface area contributed by atoms with Crippen LogP contribution in [0.1, 0.15) is 23.2 Å². The predicted molar refractivity (Wildman–Crippen MR) is 97.3 cm³/mol. The van der Waals surface area contributed by atoms with Gasteiger partial charge in [-0.2, -0.15) is 18.4 Å². The average molecular weight is 403 g/mol. The Balaban J connectivity index is 1.61. The van der Waals surface area contributed by atoms with E-state index in [4.69, 9.17) is 0 Å². The lowest BCUT2D eigenvalue weighted by Gasteiger charge is -2.29. The zero-order valence-corrected chi connectivity index (χ0v) is 15.1. The highest BCUT2D eigenvalue weighted by atomic mass is 19.4. The lowest BCUT2D eigenvalue weighted by molar-refractivity contribution is -0.132. The fourth-order valence-corrected chi connectivity index (χ4v) is 3.51. The number of anilines is 1. The Bertz CT molecular complexity index is 1110. The molecule has 0 aliphatic carbocycles. The fraction of sp³-hybridized carbons (Fsp3) is 0.333. The van der Waals surface area contributed by atoms with E-state index in [0.29, 0.717) is 42.2 Å². The van der Waals surface area contributed by atoms with E-state index in [-0.39, 0.29) is 0 Å². The van der Waals surface area contributed by atoms with E-state index < -0.39 is 25.2 Å². The summed E-state index contributed by atoms with van der Waals surface area (Å²) in [7, 11) is 0. The van der Waals surface area contributed by atoms with Crippen LogP contribution in [0.15, 0.2) is 24.8 Å². The second-order valence-corrected chi connectivity index (χ2v) is 6.66. The van der Waals surface area contributed by atoms with Gasteiger partial charge in [0.05, 0.1) is 29.6 Å². The number of aromatic amines is 1. The summed E-state index contributed by atoms with van der Waals surface area (Å²) in [5.41, 5.74) is 2.33. The van der Waals surface area contributed by atoms with Gasteiger partial charge in [0, 0.05) is 25.5 Å². The number of carbonyl (C=O) groups is 1. The number of alkyl halides is 3. The van der Waals surface area contributed by atoms with E-state index in [1.807, 2.05) is 11.0 Å². The Morgan fingerprint density at radius 2 is 2.21 bits per heavy atom. The normalized spacial score (nSPS) is 13.9. The quantitative estimate of drug-likeness (QED) is 0.700. The summed E-state index contributed by atoms with van der Waals surface area (Å²) in [5.74, 6) is 0.686. The smallest absolute Gasteiger partial charge is 0.350 e. The Hall–Kier alpha value is -3.55. The molecule has 0 saturated carbocycles. The number of nitrogens with zero attached hydrogens (tertiary/aromatic N) is 5. The third-order valence-corrected chi connectivity index (χ3v) is 4.85. The third kappa shape index (κ3) is 3.61. The van der Waals surface area contributed by atoms with Gasteiger partial charge in [-0.25, -0.2) is 14.8 Å². The van der Waals surface area contributed by atoms with Gasteiger partial charge in [0.15, 0.2) is 0 Å². The number of fused-ring (bicyclic) bond motifs is 2. The summed E-state index contributed by atoms with van der Waals surface area (Å²) in [6, 6.07) is 3.22. The van der Waals surface area contributed by atoms with Crippen LogP contribution in [0.5, 0.6) is 0 Å². The van der Waals surface area contributed by atoms with E-state index in [0.717, 1.165) is 10.9 Å². The number of amides is 1. The number of halogens is 3. The van der Waals surface area contributed by atoms with E-state index in [2.05, 4.69) is 26.3 Å². The molecule has 0 bridgehead atoms. The summed E-state index contributed by atoms with van der Waals surface area (Å²) < 4.78 is 38.3. The van der Waals surface area contributed by atoms with Crippen LogP contribution in [-0.4, -0.2) is 44.8 Å². The van der Waals surface area contributed by atoms with Gasteiger partial charge in [-0.15, -0.1) is 0 Å². The molecule has 0 atom stereocenters. The molecule has 3 aromatic heterocycles. The molecule has 0 radical (unpaired) electrons. The molecule has 1 aliphatic heterocycles. The van der Waals surface area contributed by atoms with Crippen LogP contribution in [0.25, 0.3) is 11.0 Å². The minimum Gasteiger partial charge on any atom is -0.350 e. The molecule has 3 aromatic rings. The first-order chi connectivity index (χ1) is 13.9. The van der Waals surface area contributed by atoms with Crippen molar-refractivity contribution in [3.63, 3.8) is 0 Å². The molecule has 4 heterocycles. The second-order valence-electron chi connectivity index (χ2n) is 6.66. The summed E-state index contributed by atoms with van der Waals surface area (Å²) >= 11 is 0. The number of rotatable bonds is 3. The van der Waals surface area contributed by atoms with Crippen LogP contribution in [0.2, 0.25) is 0 Å². The topological polar surface area (TPSA) is 103 Å². The van der Waals surface area contributed by atoms with Crippen LogP contribution >= 0.6 is 0 Å². The molecule has 0 aromatic carbocycles. The summed E-state index contributed by atoms with van der Waals surface area (Å²) in [5, 5.41) is 12.5. The molecule has 4 rings (SSSR count). The van der Waals surface area contributed by atoms with Crippen molar-refractivity contribution in [1.82, 2.24) is 24.8 Å². The lowest BCUT2D eigenvalue weighted by Crippen LogP contribution is -2.36. The third-order valence-electron chi connectivity index (χ3n) is 4.85. The molecule has 29 heavy (non-hydrogen) atoms. The molecule has 1 aliphatic rings. The van der Waals surface area contributed by atoms with Gasteiger partial charge in [-0.05, 0) is 18.1 Å². The van der Waals surface area contributed by atoms with Crippen LogP contribution in [0.3, 0.4) is 0 Å². The number of H-pyrrole nitrogens is 1. The Morgan fingerprint density at radius 1 is 1.38 bits per heavy atom. The maximum atomic E-state index is 12.5. The number of aromatic nitrogens is 4. The molecule has 0 fully saturated rings. The Morgan fingerprint density at radius 3 is 2.97 bits per heavy atom. The van der Waals surface area contributed by atoms with Crippen molar-refractivity contribution in [3.8, 4) is 6.07 Å². The SMILES string of the molecule is N#Cc1cn(C(=O)NCCC(F)(F)F)c2c1CCN(c1ncnc3[nH]ccc13)C2. The zero-order chi connectivity index (χ0) is 20.6. The van der Waals surface area contributed by atoms with E-state index in [1.165, 1.54) is 17.1 Å². The van der Waals surface area contributed by atoms with E-state index in [9.17, 15) is 23.2 Å².